The van der Waals surface area contributed by atoms with Gasteiger partial charge in [-0.3, -0.25) is 10.6 Å². The number of likely N-dealkylation sites (tertiary alicyclic amines) is 1. The topological polar surface area (TPSA) is 92.9 Å². The van der Waals surface area contributed by atoms with Gasteiger partial charge in [-0.2, -0.15) is 0 Å². The van der Waals surface area contributed by atoms with Gasteiger partial charge in [0.05, 0.1) is 6.54 Å². The molecule has 1 amide bonds. The van der Waals surface area contributed by atoms with Crippen molar-refractivity contribution in [3.63, 3.8) is 0 Å². The van der Waals surface area contributed by atoms with Crippen molar-refractivity contribution in [1.82, 2.24) is 4.90 Å². The summed E-state index contributed by atoms with van der Waals surface area (Å²) in [6.45, 7) is -0.404. The Morgan fingerprint density at radius 2 is 2.10 bits per heavy atom. The number of carbonyl (C=O) groups excluding carboxylic acids is 1. The van der Waals surface area contributed by atoms with Gasteiger partial charge in [0.2, 0.25) is 0 Å². The van der Waals surface area contributed by atoms with Gasteiger partial charge in [-0.25, -0.2) is 14.0 Å². The fourth-order valence-electron chi connectivity index (χ4n) is 2.11. The minimum Gasteiger partial charge on any atom is -0.478 e. The predicted molar refractivity (Wildman–Crippen MR) is 67.4 cm³/mol. The van der Waals surface area contributed by atoms with E-state index in [4.69, 9.17) is 15.6 Å². The molecule has 20 heavy (non-hydrogen) atoms. The Morgan fingerprint density at radius 1 is 1.45 bits per heavy atom. The Labute approximate surface area is 114 Å². The van der Waals surface area contributed by atoms with Crippen molar-refractivity contribution < 1.29 is 23.8 Å². The van der Waals surface area contributed by atoms with Gasteiger partial charge in [0.25, 0.3) is 0 Å². The molecule has 6 nitrogen and oxygen atoms in total. The molecular formula is C13H15FN2O4. The van der Waals surface area contributed by atoms with E-state index >= 15 is 0 Å². The summed E-state index contributed by atoms with van der Waals surface area (Å²) in [5, 5.41) is 9.05. The molecule has 0 saturated carbocycles. The lowest BCUT2D eigenvalue weighted by molar-refractivity contribution is -0.148. The van der Waals surface area contributed by atoms with Gasteiger partial charge < -0.3 is 9.84 Å². The quantitative estimate of drug-likeness (QED) is 0.866. The van der Waals surface area contributed by atoms with Crippen molar-refractivity contribution in [2.45, 2.75) is 24.9 Å². The van der Waals surface area contributed by atoms with Crippen LogP contribution in [0.2, 0.25) is 0 Å². The molecule has 1 aliphatic rings. The number of nitrogens with two attached hydrogens (primary N) is 1. The van der Waals surface area contributed by atoms with Crippen LogP contribution in [0.3, 0.4) is 0 Å². The monoisotopic (exact) mass is 282 g/mol. The second-order valence-corrected chi connectivity index (χ2v) is 4.68. The molecule has 2 atom stereocenters. The molecule has 1 aromatic carbocycles. The Morgan fingerprint density at radius 3 is 2.70 bits per heavy atom. The van der Waals surface area contributed by atoms with Gasteiger partial charge in [-0.1, -0.05) is 30.3 Å². The second kappa shape index (κ2) is 5.46. The van der Waals surface area contributed by atoms with E-state index < -0.39 is 30.3 Å². The van der Waals surface area contributed by atoms with Crippen LogP contribution in [-0.2, 0) is 16.1 Å². The molecule has 0 radical (unpaired) electrons. The van der Waals surface area contributed by atoms with Crippen LogP contribution in [0.25, 0.3) is 0 Å². The van der Waals surface area contributed by atoms with E-state index in [9.17, 15) is 14.0 Å². The Hall–Kier alpha value is -2.15. The molecule has 2 rings (SSSR count). The number of alkyl halides is 1. The summed E-state index contributed by atoms with van der Waals surface area (Å²) >= 11 is 0. The van der Waals surface area contributed by atoms with E-state index in [1.54, 1.807) is 24.3 Å². The SMILES string of the molecule is NC1(C(=O)O)CC(F)CN1C(=O)OCc1ccccc1. The first kappa shape index (κ1) is 14.3. The van der Waals surface area contributed by atoms with Gasteiger partial charge in [0.15, 0.2) is 5.66 Å². The van der Waals surface area contributed by atoms with Crippen LogP contribution in [0.4, 0.5) is 9.18 Å². The van der Waals surface area contributed by atoms with E-state index in [0.717, 1.165) is 10.5 Å². The molecular weight excluding hydrogens is 267 g/mol. The van der Waals surface area contributed by atoms with E-state index in [-0.39, 0.29) is 13.2 Å². The summed E-state index contributed by atoms with van der Waals surface area (Å²) in [5.41, 5.74) is 4.29. The van der Waals surface area contributed by atoms with Gasteiger partial charge in [0, 0.05) is 6.42 Å². The van der Waals surface area contributed by atoms with Crippen LogP contribution in [0.15, 0.2) is 30.3 Å². The van der Waals surface area contributed by atoms with E-state index in [1.165, 1.54) is 0 Å². The minimum absolute atomic E-state index is 0.0250. The first-order chi connectivity index (χ1) is 9.43. The number of nitrogens with zero attached hydrogens (tertiary/aromatic N) is 1. The number of benzene rings is 1. The molecule has 1 fully saturated rings. The lowest BCUT2D eigenvalue weighted by atomic mass is 10.1. The van der Waals surface area contributed by atoms with E-state index in [1.807, 2.05) is 6.07 Å². The summed E-state index contributed by atoms with van der Waals surface area (Å²) in [7, 11) is 0. The van der Waals surface area contributed by atoms with Gasteiger partial charge in [-0.15, -0.1) is 0 Å². The number of carbonyl (C=O) groups is 2. The fraction of sp³-hybridized carbons (Fsp3) is 0.385. The van der Waals surface area contributed by atoms with Crippen LogP contribution < -0.4 is 5.73 Å². The second-order valence-electron chi connectivity index (χ2n) is 4.68. The van der Waals surface area contributed by atoms with E-state index in [2.05, 4.69) is 0 Å². The molecule has 1 aromatic rings. The third-order valence-corrected chi connectivity index (χ3v) is 3.19. The first-order valence-electron chi connectivity index (χ1n) is 6.08. The molecule has 0 bridgehead atoms. The van der Waals surface area contributed by atoms with Crippen LogP contribution in [0, 0.1) is 0 Å². The number of ether oxygens (including phenoxy) is 1. The molecule has 2 unspecified atom stereocenters. The Bertz CT molecular complexity index is 510. The third-order valence-electron chi connectivity index (χ3n) is 3.19. The molecule has 0 aliphatic carbocycles. The van der Waals surface area contributed by atoms with Crippen molar-refractivity contribution >= 4 is 12.1 Å². The minimum atomic E-state index is -2.05. The van der Waals surface area contributed by atoms with Crippen LogP contribution in [0.1, 0.15) is 12.0 Å². The highest BCUT2D eigenvalue weighted by Gasteiger charge is 2.52. The average molecular weight is 282 g/mol. The zero-order chi connectivity index (χ0) is 14.8. The molecule has 1 aliphatic heterocycles. The number of hydrogen-bond acceptors (Lipinski definition) is 4. The molecule has 0 spiro atoms. The Kier molecular flexibility index (Phi) is 3.89. The summed E-state index contributed by atoms with van der Waals surface area (Å²) in [6.07, 6.45) is -2.85. The van der Waals surface area contributed by atoms with Crippen LogP contribution in [-0.4, -0.2) is 40.4 Å². The molecule has 7 heteroatoms. The van der Waals surface area contributed by atoms with Gasteiger partial charge in [0.1, 0.15) is 12.8 Å². The van der Waals surface area contributed by atoms with E-state index in [0.29, 0.717) is 0 Å². The van der Waals surface area contributed by atoms with Crippen molar-refractivity contribution in [1.29, 1.82) is 0 Å². The lowest BCUT2D eigenvalue weighted by Crippen LogP contribution is -2.59. The number of amides is 1. The summed E-state index contributed by atoms with van der Waals surface area (Å²) in [5.74, 6) is -1.45. The number of aliphatic carboxylic acids is 1. The highest BCUT2D eigenvalue weighted by atomic mass is 19.1. The summed E-state index contributed by atoms with van der Waals surface area (Å²) in [6, 6.07) is 8.88. The maximum Gasteiger partial charge on any atom is 0.412 e. The highest BCUT2D eigenvalue weighted by molar-refractivity contribution is 5.84. The lowest BCUT2D eigenvalue weighted by Gasteiger charge is -2.29. The smallest absolute Gasteiger partial charge is 0.412 e. The zero-order valence-corrected chi connectivity index (χ0v) is 10.7. The maximum absolute atomic E-state index is 13.4. The van der Waals surface area contributed by atoms with Crippen molar-refractivity contribution in [2.75, 3.05) is 6.54 Å². The number of hydrogen-bond donors (Lipinski definition) is 2. The largest absolute Gasteiger partial charge is 0.478 e. The molecule has 108 valence electrons. The average Bonchev–Trinajstić information content (AvgIpc) is 2.74. The molecule has 0 aromatic heterocycles. The van der Waals surface area contributed by atoms with Crippen LogP contribution in [0.5, 0.6) is 0 Å². The zero-order valence-electron chi connectivity index (χ0n) is 10.7. The predicted octanol–water partition coefficient (Wildman–Crippen LogP) is 1.11. The first-order valence-corrected chi connectivity index (χ1v) is 6.08. The van der Waals surface area contributed by atoms with Crippen molar-refractivity contribution in [3.8, 4) is 0 Å². The standard InChI is InChI=1S/C13H15FN2O4/c14-10-6-13(15,11(17)18)16(7-10)12(19)20-8-9-4-2-1-3-5-9/h1-5,10H,6-8,15H2,(H,17,18). The fourth-order valence-corrected chi connectivity index (χ4v) is 2.11. The van der Waals surface area contributed by atoms with Crippen molar-refractivity contribution in [3.05, 3.63) is 35.9 Å². The summed E-state index contributed by atoms with van der Waals surface area (Å²) in [4.78, 5) is 23.7. The highest BCUT2D eigenvalue weighted by Crippen LogP contribution is 2.28. The maximum atomic E-state index is 13.4. The number of carboxylic acid groups (broad SMARTS) is 1. The van der Waals surface area contributed by atoms with Gasteiger partial charge >= 0.3 is 12.1 Å². The summed E-state index contributed by atoms with van der Waals surface area (Å²) < 4.78 is 18.3. The van der Waals surface area contributed by atoms with Crippen LogP contribution >= 0.6 is 0 Å². The number of carboxylic acids is 1. The molecule has 3 N–H and O–H groups in total. The molecule has 1 saturated heterocycles. The Balaban J connectivity index is 2.03. The third kappa shape index (κ3) is 2.72. The van der Waals surface area contributed by atoms with Crippen molar-refractivity contribution in [2.24, 2.45) is 5.73 Å². The number of rotatable bonds is 3. The van der Waals surface area contributed by atoms with Gasteiger partial charge in [-0.05, 0) is 5.56 Å². The number of halogens is 1. The normalized spacial score (nSPS) is 25.5. The molecule has 1 heterocycles.